The van der Waals surface area contributed by atoms with Crippen LogP contribution in [-0.2, 0) is 20.0 Å². The van der Waals surface area contributed by atoms with Crippen LogP contribution in [0.1, 0.15) is 11.3 Å². The molecule has 2 rings (SSSR count). The maximum absolute atomic E-state index is 5.76. The highest BCUT2D eigenvalue weighted by Crippen LogP contribution is 2.18. The van der Waals surface area contributed by atoms with Crippen LogP contribution in [0.15, 0.2) is 36.5 Å². The zero-order valence-corrected chi connectivity index (χ0v) is 11.0. The number of aromatic nitrogens is 2. The molecule has 4 heteroatoms. The van der Waals surface area contributed by atoms with Crippen LogP contribution in [0.25, 0.3) is 0 Å². The molecule has 2 aromatic rings. The van der Waals surface area contributed by atoms with Gasteiger partial charge >= 0.3 is 0 Å². The summed E-state index contributed by atoms with van der Waals surface area (Å²) in [6.07, 6.45) is 2.81. The first-order valence-corrected chi connectivity index (χ1v) is 6.18. The summed E-state index contributed by atoms with van der Waals surface area (Å²) in [4.78, 5) is 2.25. The van der Waals surface area contributed by atoms with Crippen LogP contribution in [0.4, 0.5) is 5.69 Å². The quantitative estimate of drug-likeness (QED) is 0.868. The van der Waals surface area contributed by atoms with Gasteiger partial charge in [-0.15, -0.1) is 0 Å². The Kier molecular flexibility index (Phi) is 3.99. The second kappa shape index (κ2) is 5.69. The van der Waals surface area contributed by atoms with Gasteiger partial charge in [0.2, 0.25) is 0 Å². The molecule has 0 amide bonds. The van der Waals surface area contributed by atoms with Gasteiger partial charge in [-0.3, -0.25) is 4.68 Å². The number of hydrogen-bond donors (Lipinski definition) is 1. The molecule has 1 heterocycles. The maximum Gasteiger partial charge on any atom is 0.0492 e. The number of para-hydroxylation sites is 1. The molecule has 0 aliphatic carbocycles. The smallest absolute Gasteiger partial charge is 0.0492 e. The minimum Gasteiger partial charge on any atom is -0.374 e. The van der Waals surface area contributed by atoms with E-state index in [-0.39, 0.29) is 0 Å². The Balaban J connectivity index is 2.03. The highest BCUT2D eigenvalue weighted by molar-refractivity contribution is 5.53. The molecule has 0 aliphatic rings. The fraction of sp³-hybridized carbons (Fsp3) is 0.357. The number of likely N-dealkylation sites (N-methyl/N-ethyl adjacent to an activating group) is 1. The van der Waals surface area contributed by atoms with Crippen molar-refractivity contribution in [2.45, 2.75) is 13.0 Å². The van der Waals surface area contributed by atoms with Crippen LogP contribution in [0.5, 0.6) is 0 Å². The molecule has 0 atom stereocenters. The van der Waals surface area contributed by atoms with E-state index in [1.807, 2.05) is 24.0 Å². The van der Waals surface area contributed by atoms with Crippen molar-refractivity contribution < 1.29 is 0 Å². The fourth-order valence-electron chi connectivity index (χ4n) is 2.11. The van der Waals surface area contributed by atoms with E-state index in [0.717, 1.165) is 13.0 Å². The molecule has 1 aromatic heterocycles. The first kappa shape index (κ1) is 12.6. The van der Waals surface area contributed by atoms with Crippen molar-refractivity contribution in [2.75, 3.05) is 18.5 Å². The number of aryl methyl sites for hydroxylation is 1. The predicted molar refractivity (Wildman–Crippen MR) is 74.5 cm³/mol. The van der Waals surface area contributed by atoms with Gasteiger partial charge in [-0.25, -0.2) is 0 Å². The Morgan fingerprint density at radius 3 is 2.72 bits per heavy atom. The summed E-state index contributed by atoms with van der Waals surface area (Å²) < 4.78 is 1.92. The second-order valence-corrected chi connectivity index (χ2v) is 4.45. The molecule has 0 radical (unpaired) electrons. The average Bonchev–Trinajstić information content (AvgIpc) is 2.81. The molecule has 0 fully saturated rings. The summed E-state index contributed by atoms with van der Waals surface area (Å²) in [7, 11) is 4.08. The normalized spacial score (nSPS) is 10.6. The molecule has 18 heavy (non-hydrogen) atoms. The zero-order chi connectivity index (χ0) is 13.0. The summed E-state index contributed by atoms with van der Waals surface area (Å²) in [6.45, 7) is 1.53. The molecule has 0 spiro atoms. The maximum atomic E-state index is 5.76. The number of anilines is 1. The van der Waals surface area contributed by atoms with Gasteiger partial charge < -0.3 is 10.6 Å². The molecule has 2 N–H and O–H groups in total. The van der Waals surface area contributed by atoms with Gasteiger partial charge in [0.25, 0.3) is 0 Å². The Hall–Kier alpha value is -1.81. The third kappa shape index (κ3) is 2.71. The molecule has 1 aromatic carbocycles. The van der Waals surface area contributed by atoms with E-state index < -0.39 is 0 Å². The standard InChI is InChI=1S/C14H20N4/c1-17(10-8-13-7-9-16-18(13)2)14-6-4-3-5-12(14)11-15/h3-7,9H,8,10-11,15H2,1-2H3. The van der Waals surface area contributed by atoms with E-state index in [4.69, 9.17) is 5.73 Å². The van der Waals surface area contributed by atoms with Gasteiger partial charge in [0.05, 0.1) is 0 Å². The molecule has 96 valence electrons. The monoisotopic (exact) mass is 244 g/mol. The topological polar surface area (TPSA) is 47.1 Å². The minimum absolute atomic E-state index is 0.576. The molecule has 0 bridgehead atoms. The SMILES string of the molecule is CN(CCc1ccnn1C)c1ccccc1CN. The van der Waals surface area contributed by atoms with Crippen molar-refractivity contribution in [3.05, 3.63) is 47.8 Å². The summed E-state index contributed by atoms with van der Waals surface area (Å²) in [5.74, 6) is 0. The van der Waals surface area contributed by atoms with Crippen LogP contribution in [0, 0.1) is 0 Å². The van der Waals surface area contributed by atoms with Crippen LogP contribution in [-0.4, -0.2) is 23.4 Å². The molecule has 4 nitrogen and oxygen atoms in total. The summed E-state index contributed by atoms with van der Waals surface area (Å²) >= 11 is 0. The first-order valence-electron chi connectivity index (χ1n) is 6.18. The summed E-state index contributed by atoms with van der Waals surface area (Å²) in [6, 6.07) is 10.3. The van der Waals surface area contributed by atoms with Crippen molar-refractivity contribution >= 4 is 5.69 Å². The Labute approximate surface area is 108 Å². The predicted octanol–water partition coefficient (Wildman–Crippen LogP) is 1.56. The molecule has 0 unspecified atom stereocenters. The van der Waals surface area contributed by atoms with Crippen molar-refractivity contribution in [1.29, 1.82) is 0 Å². The van der Waals surface area contributed by atoms with Crippen LogP contribution < -0.4 is 10.6 Å². The summed E-state index contributed by atoms with van der Waals surface area (Å²) in [5, 5.41) is 4.18. The van der Waals surface area contributed by atoms with E-state index in [9.17, 15) is 0 Å². The zero-order valence-electron chi connectivity index (χ0n) is 11.0. The lowest BCUT2D eigenvalue weighted by molar-refractivity contribution is 0.698. The molecule has 0 aliphatic heterocycles. The average molecular weight is 244 g/mol. The second-order valence-electron chi connectivity index (χ2n) is 4.45. The summed E-state index contributed by atoms with van der Waals surface area (Å²) in [5.41, 5.74) is 9.40. The molecular weight excluding hydrogens is 224 g/mol. The van der Waals surface area contributed by atoms with E-state index in [2.05, 4.69) is 41.3 Å². The van der Waals surface area contributed by atoms with Gasteiger partial charge in [0, 0.05) is 51.2 Å². The van der Waals surface area contributed by atoms with Crippen molar-refractivity contribution in [3.63, 3.8) is 0 Å². The number of nitrogens with two attached hydrogens (primary N) is 1. The largest absolute Gasteiger partial charge is 0.374 e. The fourth-order valence-corrected chi connectivity index (χ4v) is 2.11. The van der Waals surface area contributed by atoms with E-state index in [0.29, 0.717) is 6.54 Å². The van der Waals surface area contributed by atoms with E-state index in [1.54, 1.807) is 0 Å². The lowest BCUT2D eigenvalue weighted by Crippen LogP contribution is -2.23. The van der Waals surface area contributed by atoms with Crippen LogP contribution in [0.2, 0.25) is 0 Å². The van der Waals surface area contributed by atoms with Crippen molar-refractivity contribution in [3.8, 4) is 0 Å². The van der Waals surface area contributed by atoms with Gasteiger partial charge in [0.15, 0.2) is 0 Å². The minimum atomic E-state index is 0.576. The van der Waals surface area contributed by atoms with E-state index >= 15 is 0 Å². The number of hydrogen-bond acceptors (Lipinski definition) is 3. The highest BCUT2D eigenvalue weighted by atomic mass is 15.3. The number of benzene rings is 1. The lowest BCUT2D eigenvalue weighted by Gasteiger charge is -2.22. The molecule has 0 saturated carbocycles. The van der Waals surface area contributed by atoms with Crippen molar-refractivity contribution in [1.82, 2.24) is 9.78 Å². The Morgan fingerprint density at radius 2 is 2.06 bits per heavy atom. The van der Waals surface area contributed by atoms with Crippen LogP contribution in [0.3, 0.4) is 0 Å². The Bertz CT molecular complexity index is 504. The molecular formula is C14H20N4. The van der Waals surface area contributed by atoms with Gasteiger partial charge in [-0.1, -0.05) is 18.2 Å². The first-order chi connectivity index (χ1) is 8.72. The van der Waals surface area contributed by atoms with Gasteiger partial charge in [0.1, 0.15) is 0 Å². The van der Waals surface area contributed by atoms with Gasteiger partial charge in [-0.2, -0.15) is 5.10 Å². The van der Waals surface area contributed by atoms with Crippen LogP contribution >= 0.6 is 0 Å². The number of rotatable bonds is 5. The lowest BCUT2D eigenvalue weighted by atomic mass is 10.1. The highest BCUT2D eigenvalue weighted by Gasteiger charge is 2.06. The Morgan fingerprint density at radius 1 is 1.28 bits per heavy atom. The van der Waals surface area contributed by atoms with Gasteiger partial charge in [-0.05, 0) is 17.7 Å². The third-order valence-corrected chi connectivity index (χ3v) is 3.25. The van der Waals surface area contributed by atoms with Crippen molar-refractivity contribution in [2.24, 2.45) is 12.8 Å². The van der Waals surface area contributed by atoms with E-state index in [1.165, 1.54) is 16.9 Å². The molecule has 0 saturated heterocycles. The number of nitrogens with zero attached hydrogens (tertiary/aromatic N) is 3. The third-order valence-electron chi connectivity index (χ3n) is 3.25.